The van der Waals surface area contributed by atoms with Gasteiger partial charge in [0.05, 0.1) is 17.8 Å². The van der Waals surface area contributed by atoms with Gasteiger partial charge in [-0.1, -0.05) is 31.5 Å². The Balaban J connectivity index is 1.97. The second kappa shape index (κ2) is 5.33. The number of para-hydroxylation sites is 1. The lowest BCUT2D eigenvalue weighted by Gasteiger charge is -2.35. The summed E-state index contributed by atoms with van der Waals surface area (Å²) < 4.78 is 2.23. The SMILES string of the molecule is CCC1CCC(CN)C(n2ncc3ccccc32)C1. The van der Waals surface area contributed by atoms with Crippen molar-refractivity contribution in [2.45, 2.75) is 38.6 Å². The predicted molar refractivity (Wildman–Crippen MR) is 78.9 cm³/mol. The van der Waals surface area contributed by atoms with E-state index in [1.807, 2.05) is 6.20 Å². The number of rotatable bonds is 3. The van der Waals surface area contributed by atoms with Crippen molar-refractivity contribution in [1.82, 2.24) is 9.78 Å². The van der Waals surface area contributed by atoms with Crippen LogP contribution in [0.15, 0.2) is 30.5 Å². The Hall–Kier alpha value is -1.35. The van der Waals surface area contributed by atoms with Crippen LogP contribution in [-0.4, -0.2) is 16.3 Å². The lowest BCUT2D eigenvalue weighted by molar-refractivity contribution is 0.177. The summed E-state index contributed by atoms with van der Waals surface area (Å²) in [7, 11) is 0. The second-order valence-corrected chi connectivity index (χ2v) is 5.80. The maximum absolute atomic E-state index is 5.99. The molecule has 0 saturated heterocycles. The molecule has 2 aromatic rings. The summed E-state index contributed by atoms with van der Waals surface area (Å²) in [5, 5.41) is 5.88. The molecule has 3 nitrogen and oxygen atoms in total. The minimum absolute atomic E-state index is 0.476. The van der Waals surface area contributed by atoms with Crippen LogP contribution in [0.25, 0.3) is 10.9 Å². The summed E-state index contributed by atoms with van der Waals surface area (Å²) in [5.41, 5.74) is 7.24. The molecule has 3 heteroatoms. The van der Waals surface area contributed by atoms with E-state index < -0.39 is 0 Å². The first kappa shape index (κ1) is 12.7. The standard InChI is InChI=1S/C16H23N3/c1-2-12-7-8-13(10-17)16(9-12)19-15-6-4-3-5-14(15)11-18-19/h3-6,11-13,16H,2,7-10,17H2,1H3. The van der Waals surface area contributed by atoms with Crippen LogP contribution in [0.4, 0.5) is 0 Å². The Morgan fingerprint density at radius 2 is 2.16 bits per heavy atom. The first-order chi connectivity index (χ1) is 9.33. The van der Waals surface area contributed by atoms with Gasteiger partial charge in [-0.15, -0.1) is 0 Å². The van der Waals surface area contributed by atoms with Crippen molar-refractivity contribution in [1.29, 1.82) is 0 Å². The third kappa shape index (κ3) is 2.27. The molecular formula is C16H23N3. The molecule has 3 rings (SSSR count). The van der Waals surface area contributed by atoms with Crippen LogP contribution >= 0.6 is 0 Å². The molecule has 0 radical (unpaired) electrons. The molecule has 1 aromatic heterocycles. The van der Waals surface area contributed by atoms with Crippen molar-refractivity contribution in [3.8, 4) is 0 Å². The number of aromatic nitrogens is 2. The summed E-state index contributed by atoms with van der Waals surface area (Å²) in [6.45, 7) is 3.07. The van der Waals surface area contributed by atoms with E-state index in [2.05, 4.69) is 41.0 Å². The van der Waals surface area contributed by atoms with Gasteiger partial charge >= 0.3 is 0 Å². The van der Waals surface area contributed by atoms with Crippen molar-refractivity contribution in [3.63, 3.8) is 0 Å². The molecule has 1 saturated carbocycles. The summed E-state index contributed by atoms with van der Waals surface area (Å²) in [6.07, 6.45) is 7.05. The van der Waals surface area contributed by atoms with Crippen molar-refractivity contribution in [2.24, 2.45) is 17.6 Å². The van der Waals surface area contributed by atoms with Gasteiger partial charge in [0.2, 0.25) is 0 Å². The number of hydrogen-bond acceptors (Lipinski definition) is 2. The molecule has 1 heterocycles. The van der Waals surface area contributed by atoms with Crippen LogP contribution in [0.5, 0.6) is 0 Å². The van der Waals surface area contributed by atoms with Crippen molar-refractivity contribution in [3.05, 3.63) is 30.5 Å². The summed E-state index contributed by atoms with van der Waals surface area (Å²) in [4.78, 5) is 0. The van der Waals surface area contributed by atoms with Gasteiger partial charge in [-0.3, -0.25) is 4.68 Å². The van der Waals surface area contributed by atoms with Crippen LogP contribution in [0.2, 0.25) is 0 Å². The van der Waals surface area contributed by atoms with E-state index in [9.17, 15) is 0 Å². The lowest BCUT2D eigenvalue weighted by atomic mass is 9.77. The first-order valence-electron chi connectivity index (χ1n) is 7.45. The molecular weight excluding hydrogens is 234 g/mol. The number of nitrogens with zero attached hydrogens (tertiary/aromatic N) is 2. The van der Waals surface area contributed by atoms with E-state index in [1.54, 1.807) is 0 Å². The van der Waals surface area contributed by atoms with Crippen LogP contribution in [0, 0.1) is 11.8 Å². The fourth-order valence-electron chi connectivity index (χ4n) is 3.50. The van der Waals surface area contributed by atoms with Gasteiger partial charge in [-0.25, -0.2) is 0 Å². The number of nitrogens with two attached hydrogens (primary N) is 1. The molecule has 1 aliphatic carbocycles. The highest BCUT2D eigenvalue weighted by Gasteiger charge is 2.31. The first-order valence-corrected chi connectivity index (χ1v) is 7.45. The van der Waals surface area contributed by atoms with Crippen LogP contribution < -0.4 is 5.73 Å². The van der Waals surface area contributed by atoms with Crippen LogP contribution in [0.1, 0.15) is 38.6 Å². The minimum atomic E-state index is 0.476. The monoisotopic (exact) mass is 257 g/mol. The summed E-state index contributed by atoms with van der Waals surface area (Å²) in [5.74, 6) is 1.40. The average Bonchev–Trinajstić information content (AvgIpc) is 2.90. The van der Waals surface area contributed by atoms with E-state index in [0.717, 1.165) is 12.5 Å². The highest BCUT2D eigenvalue weighted by Crippen LogP contribution is 2.39. The van der Waals surface area contributed by atoms with E-state index in [0.29, 0.717) is 12.0 Å². The molecule has 1 aliphatic rings. The zero-order chi connectivity index (χ0) is 13.2. The normalized spacial score (nSPS) is 27.8. The molecule has 3 atom stereocenters. The Morgan fingerprint density at radius 3 is 2.95 bits per heavy atom. The van der Waals surface area contributed by atoms with Gasteiger partial charge in [0.15, 0.2) is 0 Å². The van der Waals surface area contributed by atoms with Gasteiger partial charge in [0, 0.05) is 5.39 Å². The van der Waals surface area contributed by atoms with Crippen molar-refractivity contribution < 1.29 is 0 Å². The Morgan fingerprint density at radius 1 is 1.32 bits per heavy atom. The number of fused-ring (bicyclic) bond motifs is 1. The molecule has 1 aromatic carbocycles. The molecule has 3 unspecified atom stereocenters. The van der Waals surface area contributed by atoms with E-state index in [-0.39, 0.29) is 0 Å². The molecule has 0 aliphatic heterocycles. The number of hydrogen-bond donors (Lipinski definition) is 1. The highest BCUT2D eigenvalue weighted by molar-refractivity contribution is 5.78. The Labute approximate surface area is 114 Å². The van der Waals surface area contributed by atoms with Gasteiger partial charge in [-0.2, -0.15) is 5.10 Å². The van der Waals surface area contributed by atoms with Crippen LogP contribution in [-0.2, 0) is 0 Å². The van der Waals surface area contributed by atoms with E-state index in [4.69, 9.17) is 5.73 Å². The molecule has 19 heavy (non-hydrogen) atoms. The van der Waals surface area contributed by atoms with Gasteiger partial charge < -0.3 is 5.73 Å². The maximum Gasteiger partial charge on any atom is 0.0685 e. The van der Waals surface area contributed by atoms with Gasteiger partial charge in [0.1, 0.15) is 0 Å². The Kier molecular flexibility index (Phi) is 3.56. The summed E-state index contributed by atoms with van der Waals surface area (Å²) in [6, 6.07) is 8.95. The molecule has 0 spiro atoms. The number of benzene rings is 1. The molecule has 0 amide bonds. The van der Waals surface area contributed by atoms with Crippen LogP contribution in [0.3, 0.4) is 0 Å². The minimum Gasteiger partial charge on any atom is -0.330 e. The van der Waals surface area contributed by atoms with Gasteiger partial charge in [0.25, 0.3) is 0 Å². The topological polar surface area (TPSA) is 43.8 Å². The largest absolute Gasteiger partial charge is 0.330 e. The Bertz CT molecular complexity index is 546. The van der Waals surface area contributed by atoms with Crippen molar-refractivity contribution in [2.75, 3.05) is 6.54 Å². The molecule has 2 N–H and O–H groups in total. The smallest absolute Gasteiger partial charge is 0.0685 e. The van der Waals surface area contributed by atoms with Crippen molar-refractivity contribution >= 4 is 10.9 Å². The average molecular weight is 257 g/mol. The molecule has 1 fully saturated rings. The molecule has 102 valence electrons. The van der Waals surface area contributed by atoms with Gasteiger partial charge in [-0.05, 0) is 43.7 Å². The second-order valence-electron chi connectivity index (χ2n) is 5.80. The maximum atomic E-state index is 5.99. The molecule has 0 bridgehead atoms. The third-order valence-electron chi connectivity index (χ3n) is 4.76. The summed E-state index contributed by atoms with van der Waals surface area (Å²) >= 11 is 0. The zero-order valence-corrected chi connectivity index (χ0v) is 11.6. The highest BCUT2D eigenvalue weighted by atomic mass is 15.3. The lowest BCUT2D eigenvalue weighted by Crippen LogP contribution is -2.32. The fraction of sp³-hybridized carbons (Fsp3) is 0.562. The van der Waals surface area contributed by atoms with E-state index in [1.165, 1.54) is 36.6 Å². The fourth-order valence-corrected chi connectivity index (χ4v) is 3.50. The third-order valence-corrected chi connectivity index (χ3v) is 4.76. The predicted octanol–water partition coefficient (Wildman–Crippen LogP) is 3.36. The van der Waals surface area contributed by atoms with E-state index >= 15 is 0 Å². The zero-order valence-electron chi connectivity index (χ0n) is 11.6. The quantitative estimate of drug-likeness (QED) is 0.916.